The standard InChI is InChI=1S/C29H49N3O8/c1-29(2,3)20-14-12-10-8-6-4-5-7-9-11-13-15-21(28(38)39)26(36)31-27(37)22(30)16-19-25(35)40-32-23(33)17-18-24(32)34/h17-18,21-22,33-34H,4-16,19-20,30H2,1-3H3,(H,38,39)(H,31,36,37)/t21?,22-/m0/s1. The number of amides is 2. The van der Waals surface area contributed by atoms with Crippen LogP contribution in [0.15, 0.2) is 12.1 Å². The molecular formula is C29H49N3O8. The number of nitrogens with one attached hydrogen (secondary N) is 1. The molecule has 0 aliphatic heterocycles. The van der Waals surface area contributed by atoms with Gasteiger partial charge in [0, 0.05) is 18.6 Å². The van der Waals surface area contributed by atoms with Gasteiger partial charge in [-0.05, 0) is 24.7 Å². The summed E-state index contributed by atoms with van der Waals surface area (Å²) in [5, 5.41) is 30.4. The molecular weight excluding hydrogens is 518 g/mol. The van der Waals surface area contributed by atoms with Gasteiger partial charge in [-0.15, -0.1) is 4.73 Å². The van der Waals surface area contributed by atoms with Gasteiger partial charge in [0.15, 0.2) is 0 Å². The molecule has 0 aliphatic rings. The number of unbranched alkanes of at least 4 members (excludes halogenated alkanes) is 10. The second kappa shape index (κ2) is 18.3. The van der Waals surface area contributed by atoms with E-state index in [0.717, 1.165) is 37.8 Å². The first-order valence-electron chi connectivity index (χ1n) is 14.5. The Labute approximate surface area is 237 Å². The predicted molar refractivity (Wildman–Crippen MR) is 150 cm³/mol. The maximum Gasteiger partial charge on any atom is 0.333 e. The lowest BCUT2D eigenvalue weighted by molar-refractivity contribution is -0.148. The Morgan fingerprint density at radius 2 is 1.30 bits per heavy atom. The molecule has 0 spiro atoms. The topological polar surface area (TPSA) is 181 Å². The van der Waals surface area contributed by atoms with Gasteiger partial charge in [0.1, 0.15) is 5.92 Å². The van der Waals surface area contributed by atoms with E-state index in [1.807, 2.05) is 5.32 Å². The van der Waals surface area contributed by atoms with Gasteiger partial charge in [-0.25, -0.2) is 4.79 Å². The first-order chi connectivity index (χ1) is 18.8. The Morgan fingerprint density at radius 3 is 1.77 bits per heavy atom. The van der Waals surface area contributed by atoms with Gasteiger partial charge >= 0.3 is 11.9 Å². The molecule has 1 rings (SSSR count). The summed E-state index contributed by atoms with van der Waals surface area (Å²) in [7, 11) is 0. The van der Waals surface area contributed by atoms with Crippen molar-refractivity contribution in [3.63, 3.8) is 0 Å². The minimum atomic E-state index is -1.36. The molecule has 0 bridgehead atoms. The van der Waals surface area contributed by atoms with E-state index in [-0.39, 0.29) is 19.3 Å². The highest BCUT2D eigenvalue weighted by atomic mass is 16.7. The summed E-state index contributed by atoms with van der Waals surface area (Å²) >= 11 is 0. The van der Waals surface area contributed by atoms with E-state index in [4.69, 9.17) is 10.6 Å². The Morgan fingerprint density at radius 1 is 0.825 bits per heavy atom. The molecule has 0 aromatic carbocycles. The van der Waals surface area contributed by atoms with Gasteiger partial charge in [-0.3, -0.25) is 19.7 Å². The Balaban J connectivity index is 2.20. The molecule has 0 aliphatic carbocycles. The number of rotatable bonds is 20. The fourth-order valence-corrected chi connectivity index (χ4v) is 4.31. The summed E-state index contributed by atoms with van der Waals surface area (Å²) in [6.45, 7) is 6.84. The molecule has 1 heterocycles. The van der Waals surface area contributed by atoms with Crippen LogP contribution < -0.4 is 15.9 Å². The van der Waals surface area contributed by atoms with E-state index >= 15 is 0 Å². The van der Waals surface area contributed by atoms with Crippen molar-refractivity contribution < 1.29 is 39.3 Å². The van der Waals surface area contributed by atoms with Crippen molar-refractivity contribution in [2.24, 2.45) is 17.1 Å². The van der Waals surface area contributed by atoms with Crippen LogP contribution in [-0.4, -0.2) is 49.8 Å². The van der Waals surface area contributed by atoms with Gasteiger partial charge in [-0.2, -0.15) is 0 Å². The summed E-state index contributed by atoms with van der Waals surface area (Å²) in [6, 6.07) is 0.969. The van der Waals surface area contributed by atoms with Crippen LogP contribution in [0, 0.1) is 11.3 Å². The number of carbonyl (C=O) groups excluding carboxylic acids is 3. The Hall–Kier alpha value is -3.08. The summed E-state index contributed by atoms with van der Waals surface area (Å²) < 4.78 is 0.506. The summed E-state index contributed by atoms with van der Waals surface area (Å²) in [4.78, 5) is 52.9. The number of carboxylic acids is 1. The van der Waals surface area contributed by atoms with Crippen molar-refractivity contribution in [2.45, 2.75) is 123 Å². The molecule has 2 atom stereocenters. The number of aromatic hydroxyl groups is 2. The van der Waals surface area contributed by atoms with Gasteiger partial charge in [0.05, 0.1) is 6.04 Å². The van der Waals surface area contributed by atoms with Crippen LogP contribution in [0.3, 0.4) is 0 Å². The maximum atomic E-state index is 12.4. The highest BCUT2D eigenvalue weighted by molar-refractivity contribution is 6.05. The smallest absolute Gasteiger partial charge is 0.333 e. The van der Waals surface area contributed by atoms with Crippen LogP contribution >= 0.6 is 0 Å². The van der Waals surface area contributed by atoms with E-state index in [9.17, 15) is 34.5 Å². The molecule has 1 aromatic rings. The molecule has 0 fully saturated rings. The predicted octanol–water partition coefficient (Wildman–Crippen LogP) is 4.42. The van der Waals surface area contributed by atoms with Crippen molar-refractivity contribution in [1.29, 1.82) is 0 Å². The van der Waals surface area contributed by atoms with Gasteiger partial charge in [-0.1, -0.05) is 91.4 Å². The average Bonchev–Trinajstić information content (AvgIpc) is 3.18. The van der Waals surface area contributed by atoms with E-state index in [1.54, 1.807) is 0 Å². The second-order valence-corrected chi connectivity index (χ2v) is 11.7. The minimum Gasteiger partial charge on any atom is -0.492 e. The zero-order valence-electron chi connectivity index (χ0n) is 24.3. The summed E-state index contributed by atoms with van der Waals surface area (Å²) in [6.07, 6.45) is 13.0. The van der Waals surface area contributed by atoms with Crippen molar-refractivity contribution in [1.82, 2.24) is 10.0 Å². The number of aromatic nitrogens is 1. The molecule has 0 saturated heterocycles. The molecule has 228 valence electrons. The largest absolute Gasteiger partial charge is 0.492 e. The lowest BCUT2D eigenvalue weighted by Crippen LogP contribution is -2.47. The summed E-state index contributed by atoms with van der Waals surface area (Å²) in [5.41, 5.74) is 6.15. The van der Waals surface area contributed by atoms with Crippen LogP contribution in [0.1, 0.15) is 117 Å². The highest BCUT2D eigenvalue weighted by Gasteiger charge is 2.29. The number of hydrogen-bond donors (Lipinski definition) is 5. The molecule has 1 unspecified atom stereocenters. The first kappa shape index (κ1) is 34.9. The van der Waals surface area contributed by atoms with Crippen molar-refractivity contribution in [2.75, 3.05) is 0 Å². The fourth-order valence-electron chi connectivity index (χ4n) is 4.31. The van der Waals surface area contributed by atoms with E-state index in [1.165, 1.54) is 44.9 Å². The van der Waals surface area contributed by atoms with Crippen LogP contribution in [-0.2, 0) is 19.2 Å². The molecule has 2 amide bonds. The Kier molecular flexibility index (Phi) is 16.0. The first-order valence-corrected chi connectivity index (χ1v) is 14.5. The fraction of sp³-hybridized carbons (Fsp3) is 0.724. The number of carboxylic acid groups (broad SMARTS) is 1. The maximum absolute atomic E-state index is 12.4. The van der Waals surface area contributed by atoms with Crippen molar-refractivity contribution in [3.05, 3.63) is 12.1 Å². The third-order valence-electron chi connectivity index (χ3n) is 6.77. The second-order valence-electron chi connectivity index (χ2n) is 11.7. The third-order valence-corrected chi connectivity index (χ3v) is 6.77. The van der Waals surface area contributed by atoms with Crippen molar-refractivity contribution in [3.8, 4) is 11.8 Å². The third kappa shape index (κ3) is 14.9. The van der Waals surface area contributed by atoms with E-state index in [2.05, 4.69) is 20.8 Å². The lowest BCUT2D eigenvalue weighted by Gasteiger charge is -2.17. The molecule has 0 radical (unpaired) electrons. The zero-order valence-corrected chi connectivity index (χ0v) is 24.3. The lowest BCUT2D eigenvalue weighted by atomic mass is 9.89. The van der Waals surface area contributed by atoms with Crippen molar-refractivity contribution >= 4 is 23.8 Å². The average molecular weight is 568 g/mol. The number of aliphatic carboxylic acids is 1. The molecule has 11 nitrogen and oxygen atoms in total. The monoisotopic (exact) mass is 567 g/mol. The molecule has 0 saturated carbocycles. The van der Waals surface area contributed by atoms with Crippen LogP contribution in [0.4, 0.5) is 0 Å². The minimum absolute atomic E-state index is 0.119. The van der Waals surface area contributed by atoms with Crippen LogP contribution in [0.25, 0.3) is 0 Å². The van der Waals surface area contributed by atoms with Crippen LogP contribution in [0.2, 0.25) is 0 Å². The molecule has 11 heteroatoms. The molecule has 6 N–H and O–H groups in total. The highest BCUT2D eigenvalue weighted by Crippen LogP contribution is 2.23. The summed E-state index contributed by atoms with van der Waals surface area (Å²) in [5.74, 6) is -6.37. The van der Waals surface area contributed by atoms with Crippen LogP contribution in [0.5, 0.6) is 11.8 Å². The van der Waals surface area contributed by atoms with E-state index in [0.29, 0.717) is 16.6 Å². The number of imide groups is 1. The SMILES string of the molecule is CC(C)(C)CCCCCCCCCCCCCC(C(=O)O)C(=O)NC(=O)[C@@H](N)CCC(=O)On1c(O)ccc1O. The number of nitrogens with zero attached hydrogens (tertiary/aromatic N) is 1. The Bertz CT molecular complexity index is 919. The number of hydrogen-bond acceptors (Lipinski definition) is 8. The van der Waals surface area contributed by atoms with Gasteiger partial charge in [0.25, 0.3) is 0 Å². The normalized spacial score (nSPS) is 13.0. The molecule has 1 aromatic heterocycles. The quantitative estimate of drug-likeness (QED) is 0.112. The molecule has 40 heavy (non-hydrogen) atoms. The van der Waals surface area contributed by atoms with E-state index < -0.39 is 47.5 Å². The zero-order chi connectivity index (χ0) is 30.1. The van der Waals surface area contributed by atoms with Gasteiger partial charge in [0.2, 0.25) is 23.6 Å². The van der Waals surface area contributed by atoms with Gasteiger partial charge < -0.3 is 25.9 Å². The number of carbonyl (C=O) groups is 4. The number of nitrogens with two attached hydrogens (primary N) is 1.